The predicted octanol–water partition coefficient (Wildman–Crippen LogP) is 0.761. The molecule has 0 aliphatic carbocycles. The zero-order valence-corrected chi connectivity index (χ0v) is 11.7. The summed E-state index contributed by atoms with van der Waals surface area (Å²) in [6.07, 6.45) is 0. The highest BCUT2D eigenvalue weighted by Crippen LogP contribution is 2.22. The Morgan fingerprint density at radius 2 is 1.89 bits per heavy atom. The smallest absolute Gasteiger partial charge is 0.329 e. The Morgan fingerprint density at radius 3 is 2.37 bits per heavy atom. The molecule has 0 unspecified atom stereocenters. The number of nitrogen functional groups attached to an aromatic ring is 1. The van der Waals surface area contributed by atoms with Crippen molar-refractivity contribution < 1.29 is 18.3 Å². The number of phenols is 1. The van der Waals surface area contributed by atoms with Gasteiger partial charge in [-0.15, -0.1) is 0 Å². The first-order valence-corrected chi connectivity index (χ1v) is 6.93. The first-order chi connectivity index (χ1) is 8.51. The van der Waals surface area contributed by atoms with Gasteiger partial charge >= 0.3 is 6.03 Å². The van der Waals surface area contributed by atoms with Crippen molar-refractivity contribution in [3.63, 3.8) is 0 Å². The standard InChI is InChI=1S/C11H17N3O4S/c1-11(2,3)13-10(16)14-19(17,18)7-4-5-9(15)8(12)6-7/h4-6,15H,12H2,1-3H3,(H2,13,14,16). The SMILES string of the molecule is CC(C)(C)NC(=O)NS(=O)(=O)c1ccc(O)c(N)c1. The third-order valence-electron chi connectivity index (χ3n) is 2.02. The monoisotopic (exact) mass is 287 g/mol. The van der Waals surface area contributed by atoms with E-state index in [9.17, 15) is 18.3 Å². The van der Waals surface area contributed by atoms with E-state index < -0.39 is 21.6 Å². The minimum atomic E-state index is -4.02. The molecule has 0 fully saturated rings. The van der Waals surface area contributed by atoms with Crippen LogP contribution in [0.25, 0.3) is 0 Å². The molecule has 5 N–H and O–H groups in total. The summed E-state index contributed by atoms with van der Waals surface area (Å²) in [6, 6.07) is 2.53. The Bertz CT molecular complexity index is 590. The fourth-order valence-electron chi connectivity index (χ4n) is 1.25. The summed E-state index contributed by atoms with van der Waals surface area (Å²) in [6.45, 7) is 5.16. The second kappa shape index (κ2) is 4.96. The third kappa shape index (κ3) is 4.32. The number of aromatic hydroxyl groups is 1. The molecule has 19 heavy (non-hydrogen) atoms. The fourth-order valence-corrected chi connectivity index (χ4v) is 2.19. The Hall–Kier alpha value is -1.96. The van der Waals surface area contributed by atoms with Gasteiger partial charge in [0.05, 0.1) is 10.6 Å². The summed E-state index contributed by atoms with van der Waals surface area (Å²) < 4.78 is 25.6. The number of hydrogen-bond acceptors (Lipinski definition) is 5. The lowest BCUT2D eigenvalue weighted by molar-refractivity contribution is 0.237. The highest BCUT2D eigenvalue weighted by Gasteiger charge is 2.21. The van der Waals surface area contributed by atoms with Gasteiger partial charge in [0, 0.05) is 5.54 Å². The first-order valence-electron chi connectivity index (χ1n) is 5.45. The van der Waals surface area contributed by atoms with Gasteiger partial charge in [-0.2, -0.15) is 0 Å². The molecule has 106 valence electrons. The lowest BCUT2D eigenvalue weighted by Crippen LogP contribution is -2.48. The van der Waals surface area contributed by atoms with Gasteiger partial charge in [-0.25, -0.2) is 17.9 Å². The number of nitrogens with one attached hydrogen (secondary N) is 2. The van der Waals surface area contributed by atoms with E-state index >= 15 is 0 Å². The molecule has 0 saturated heterocycles. The van der Waals surface area contributed by atoms with Crippen LogP contribution >= 0.6 is 0 Å². The Morgan fingerprint density at radius 1 is 1.32 bits per heavy atom. The molecule has 0 aliphatic rings. The van der Waals surface area contributed by atoms with Crippen LogP contribution in [0.15, 0.2) is 23.1 Å². The van der Waals surface area contributed by atoms with Crippen molar-refractivity contribution in [3.8, 4) is 5.75 Å². The van der Waals surface area contributed by atoms with Gasteiger partial charge in [0.2, 0.25) is 0 Å². The van der Waals surface area contributed by atoms with Gasteiger partial charge in [0.15, 0.2) is 0 Å². The van der Waals surface area contributed by atoms with Crippen molar-refractivity contribution >= 4 is 21.7 Å². The summed E-state index contributed by atoms with van der Waals surface area (Å²) in [5.41, 5.74) is 4.76. The molecule has 2 amide bonds. The molecule has 7 nitrogen and oxygen atoms in total. The average Bonchev–Trinajstić information content (AvgIpc) is 2.17. The summed E-state index contributed by atoms with van der Waals surface area (Å²) in [4.78, 5) is 11.3. The molecule has 0 radical (unpaired) electrons. The molecule has 1 aromatic carbocycles. The minimum absolute atomic E-state index is 0.0842. The average molecular weight is 287 g/mol. The van der Waals surface area contributed by atoms with Gasteiger partial charge in [0.25, 0.3) is 10.0 Å². The molecule has 0 heterocycles. The maximum atomic E-state index is 11.9. The molecule has 0 aromatic heterocycles. The number of urea groups is 1. The minimum Gasteiger partial charge on any atom is -0.506 e. The highest BCUT2D eigenvalue weighted by atomic mass is 32.2. The molecule has 0 atom stereocenters. The van der Waals surface area contributed by atoms with E-state index in [1.807, 2.05) is 4.72 Å². The van der Waals surface area contributed by atoms with Crippen LogP contribution < -0.4 is 15.8 Å². The van der Waals surface area contributed by atoms with Crippen molar-refractivity contribution in [2.45, 2.75) is 31.2 Å². The molecular formula is C11H17N3O4S. The number of hydrogen-bond donors (Lipinski definition) is 4. The highest BCUT2D eigenvalue weighted by molar-refractivity contribution is 7.90. The van der Waals surface area contributed by atoms with Gasteiger partial charge in [-0.1, -0.05) is 0 Å². The number of anilines is 1. The van der Waals surface area contributed by atoms with E-state index in [0.717, 1.165) is 18.2 Å². The van der Waals surface area contributed by atoms with E-state index in [4.69, 9.17) is 5.73 Å². The predicted molar refractivity (Wildman–Crippen MR) is 71.1 cm³/mol. The Kier molecular flexibility index (Phi) is 3.94. The van der Waals surface area contributed by atoms with Crippen LogP contribution in [0, 0.1) is 0 Å². The quantitative estimate of drug-likeness (QED) is 0.472. The number of sulfonamides is 1. The molecule has 0 aliphatic heterocycles. The number of nitrogens with two attached hydrogens (primary N) is 1. The zero-order chi connectivity index (χ0) is 14.8. The molecular weight excluding hydrogens is 270 g/mol. The number of rotatable bonds is 2. The second-order valence-electron chi connectivity index (χ2n) is 5.03. The normalized spacial score (nSPS) is 11.9. The van der Waals surface area contributed by atoms with Crippen molar-refractivity contribution in [2.75, 3.05) is 5.73 Å². The van der Waals surface area contributed by atoms with E-state index in [2.05, 4.69) is 5.32 Å². The van der Waals surface area contributed by atoms with Gasteiger partial charge < -0.3 is 16.2 Å². The number of carbonyl (C=O) groups is 1. The van der Waals surface area contributed by atoms with Crippen molar-refractivity contribution in [2.24, 2.45) is 0 Å². The van der Waals surface area contributed by atoms with Crippen molar-refractivity contribution in [1.29, 1.82) is 0 Å². The van der Waals surface area contributed by atoms with Crippen molar-refractivity contribution in [3.05, 3.63) is 18.2 Å². The van der Waals surface area contributed by atoms with Crippen molar-refractivity contribution in [1.82, 2.24) is 10.0 Å². The molecule has 8 heteroatoms. The second-order valence-corrected chi connectivity index (χ2v) is 6.71. The van der Waals surface area contributed by atoms with E-state index in [1.54, 1.807) is 20.8 Å². The number of amides is 2. The maximum absolute atomic E-state index is 11.9. The Labute approximate surface area is 111 Å². The Balaban J connectivity index is 2.93. The molecule has 0 bridgehead atoms. The van der Waals surface area contributed by atoms with Crippen LogP contribution in [0.4, 0.5) is 10.5 Å². The lowest BCUT2D eigenvalue weighted by Gasteiger charge is -2.20. The van der Waals surface area contributed by atoms with Gasteiger partial charge in [-0.3, -0.25) is 0 Å². The zero-order valence-electron chi connectivity index (χ0n) is 10.9. The van der Waals surface area contributed by atoms with Gasteiger partial charge in [-0.05, 0) is 39.0 Å². The molecule has 0 saturated carbocycles. The topological polar surface area (TPSA) is 122 Å². The summed E-state index contributed by atoms with van der Waals surface area (Å²) in [7, 11) is -4.02. The van der Waals surface area contributed by atoms with E-state index in [1.165, 1.54) is 0 Å². The van der Waals surface area contributed by atoms with Crippen LogP contribution in [-0.2, 0) is 10.0 Å². The molecule has 1 aromatic rings. The summed E-state index contributed by atoms with van der Waals surface area (Å²) in [5, 5.41) is 11.7. The molecule has 0 spiro atoms. The molecule has 1 rings (SSSR count). The maximum Gasteiger partial charge on any atom is 0.329 e. The third-order valence-corrected chi connectivity index (χ3v) is 3.35. The van der Waals surface area contributed by atoms with Gasteiger partial charge in [0.1, 0.15) is 5.75 Å². The number of carbonyl (C=O) groups excluding carboxylic acids is 1. The largest absolute Gasteiger partial charge is 0.506 e. The number of benzene rings is 1. The summed E-state index contributed by atoms with van der Waals surface area (Å²) >= 11 is 0. The van der Waals surface area contributed by atoms with Crippen LogP contribution in [-0.4, -0.2) is 25.1 Å². The van der Waals surface area contributed by atoms with Crippen LogP contribution in [0.3, 0.4) is 0 Å². The van der Waals surface area contributed by atoms with E-state index in [-0.39, 0.29) is 16.3 Å². The van der Waals surface area contributed by atoms with Crippen LogP contribution in [0.5, 0.6) is 5.75 Å². The van der Waals surface area contributed by atoms with E-state index in [0.29, 0.717) is 0 Å². The number of phenolic OH excluding ortho intramolecular Hbond substituents is 1. The summed E-state index contributed by atoms with van der Waals surface area (Å²) in [5.74, 6) is -0.224. The fraction of sp³-hybridized carbons (Fsp3) is 0.364. The first kappa shape index (κ1) is 15.1. The van der Waals surface area contributed by atoms with Crippen LogP contribution in [0.2, 0.25) is 0 Å². The lowest BCUT2D eigenvalue weighted by atomic mass is 10.1. The van der Waals surface area contributed by atoms with Crippen LogP contribution in [0.1, 0.15) is 20.8 Å².